The van der Waals surface area contributed by atoms with Crippen LogP contribution in [0.15, 0.2) is 42.5 Å². The van der Waals surface area contributed by atoms with Crippen LogP contribution < -0.4 is 0 Å². The van der Waals surface area contributed by atoms with E-state index in [4.69, 9.17) is 9.47 Å². The monoisotopic (exact) mass is 329 g/mol. The van der Waals surface area contributed by atoms with Gasteiger partial charge >= 0.3 is 11.9 Å². The highest BCUT2D eigenvalue weighted by molar-refractivity contribution is 6.21. The number of allylic oxidation sites excluding steroid dienone is 1. The molecule has 0 unspecified atom stereocenters. The van der Waals surface area contributed by atoms with Crippen LogP contribution in [0.25, 0.3) is 0 Å². The van der Waals surface area contributed by atoms with Crippen LogP contribution in [0, 0.1) is 11.3 Å². The Kier molecular flexibility index (Phi) is 4.13. The molecule has 0 aromatic heterocycles. The maximum Gasteiger partial charge on any atom is 0.333 e. The van der Waals surface area contributed by atoms with Crippen molar-refractivity contribution >= 4 is 17.8 Å². The molecule has 1 aliphatic heterocycles. The number of ether oxygens (including phenoxy) is 2. The first-order chi connectivity index (χ1) is 11.6. The lowest BCUT2D eigenvalue weighted by atomic mass is 9.75. The number of esters is 2. The number of hydrogen-bond donors (Lipinski definition) is 0. The number of rotatable bonds is 4. The molecule has 24 heavy (non-hydrogen) atoms. The fourth-order valence-corrected chi connectivity index (χ4v) is 3.75. The fourth-order valence-electron chi connectivity index (χ4n) is 3.75. The third-order valence-corrected chi connectivity index (χ3v) is 4.86. The van der Waals surface area contributed by atoms with Crippen molar-refractivity contribution < 1.29 is 23.9 Å². The van der Waals surface area contributed by atoms with Crippen molar-refractivity contribution in [3.05, 3.63) is 48.0 Å². The minimum atomic E-state index is -1.92. The van der Waals surface area contributed by atoms with E-state index in [1.54, 1.807) is 4.90 Å². The first-order valence-electron chi connectivity index (χ1n) is 7.75. The maximum atomic E-state index is 13.1. The van der Waals surface area contributed by atoms with Crippen molar-refractivity contribution in [2.24, 2.45) is 11.3 Å². The van der Waals surface area contributed by atoms with Crippen LogP contribution in [-0.2, 0) is 30.4 Å². The highest BCUT2D eigenvalue weighted by Crippen LogP contribution is 2.49. The van der Waals surface area contributed by atoms with Crippen molar-refractivity contribution in [3.63, 3.8) is 0 Å². The molecule has 0 saturated carbocycles. The fraction of sp³-hybridized carbons (Fsp3) is 0.389. The van der Waals surface area contributed by atoms with Gasteiger partial charge in [-0.1, -0.05) is 42.5 Å². The lowest BCUT2D eigenvalue weighted by Gasteiger charge is -2.26. The predicted molar refractivity (Wildman–Crippen MR) is 84.5 cm³/mol. The Morgan fingerprint density at radius 2 is 1.79 bits per heavy atom. The second-order valence-corrected chi connectivity index (χ2v) is 5.97. The van der Waals surface area contributed by atoms with Crippen molar-refractivity contribution in [3.8, 4) is 0 Å². The number of nitrogens with zero attached hydrogens (tertiary/aromatic N) is 1. The molecule has 126 valence electrons. The lowest BCUT2D eigenvalue weighted by molar-refractivity contribution is -0.175. The van der Waals surface area contributed by atoms with E-state index in [0.29, 0.717) is 13.0 Å². The van der Waals surface area contributed by atoms with Crippen molar-refractivity contribution in [1.82, 2.24) is 4.90 Å². The van der Waals surface area contributed by atoms with E-state index in [2.05, 4.69) is 0 Å². The topological polar surface area (TPSA) is 72.9 Å². The van der Waals surface area contributed by atoms with E-state index in [1.165, 1.54) is 14.2 Å². The number of fused-ring (bicyclic) bond motifs is 1. The Labute approximate surface area is 140 Å². The van der Waals surface area contributed by atoms with Crippen molar-refractivity contribution in [1.29, 1.82) is 0 Å². The number of methoxy groups -OCH3 is 2. The molecule has 0 radical (unpaired) electrons. The molecule has 2 atom stereocenters. The van der Waals surface area contributed by atoms with E-state index in [-0.39, 0.29) is 6.04 Å². The molecule has 6 nitrogen and oxygen atoms in total. The minimum Gasteiger partial charge on any atom is -0.468 e. The normalized spacial score (nSPS) is 23.9. The van der Waals surface area contributed by atoms with Gasteiger partial charge in [-0.3, -0.25) is 14.4 Å². The smallest absolute Gasteiger partial charge is 0.333 e. The van der Waals surface area contributed by atoms with Crippen LogP contribution >= 0.6 is 0 Å². The van der Waals surface area contributed by atoms with Crippen molar-refractivity contribution in [2.75, 3.05) is 14.2 Å². The molecule has 1 saturated heterocycles. The van der Waals surface area contributed by atoms with Gasteiger partial charge in [0, 0.05) is 12.5 Å². The lowest BCUT2D eigenvalue weighted by Crippen LogP contribution is -2.51. The molecule has 3 rings (SSSR count). The van der Waals surface area contributed by atoms with Crippen LogP contribution in [0.5, 0.6) is 0 Å². The molecule has 1 fully saturated rings. The Hall–Kier alpha value is -2.63. The highest BCUT2D eigenvalue weighted by Gasteiger charge is 2.69. The second-order valence-electron chi connectivity index (χ2n) is 5.97. The van der Waals surface area contributed by atoms with E-state index in [1.807, 2.05) is 42.5 Å². The summed E-state index contributed by atoms with van der Waals surface area (Å²) in [6.07, 6.45) is 4.21. The van der Waals surface area contributed by atoms with Gasteiger partial charge in [-0.05, 0) is 12.0 Å². The van der Waals surface area contributed by atoms with Gasteiger partial charge < -0.3 is 14.4 Å². The molecule has 6 heteroatoms. The summed E-state index contributed by atoms with van der Waals surface area (Å²) in [5.41, 5.74) is -0.998. The second kappa shape index (κ2) is 6.11. The van der Waals surface area contributed by atoms with Crippen LogP contribution in [-0.4, -0.2) is 43.0 Å². The number of likely N-dealkylation sites (tertiary alicyclic amines) is 1. The number of amides is 1. The van der Waals surface area contributed by atoms with Gasteiger partial charge in [0.1, 0.15) is 0 Å². The van der Waals surface area contributed by atoms with Gasteiger partial charge in [-0.15, -0.1) is 0 Å². The molecule has 0 bridgehead atoms. The number of benzene rings is 1. The molecule has 0 spiro atoms. The molecular formula is C18H19NO5. The zero-order valence-corrected chi connectivity index (χ0v) is 13.6. The molecular weight excluding hydrogens is 310 g/mol. The van der Waals surface area contributed by atoms with Gasteiger partial charge in [0.2, 0.25) is 5.41 Å². The summed E-state index contributed by atoms with van der Waals surface area (Å²) in [7, 11) is 2.36. The van der Waals surface area contributed by atoms with Gasteiger partial charge in [-0.2, -0.15) is 0 Å². The molecule has 2 aliphatic rings. The van der Waals surface area contributed by atoms with Crippen LogP contribution in [0.2, 0.25) is 0 Å². The maximum absolute atomic E-state index is 13.1. The average molecular weight is 329 g/mol. The SMILES string of the molecule is COC(=O)C1(C(=O)OC)C(=O)N(Cc2ccccc2)[C@H]2C=CC[C@H]21. The molecule has 1 aromatic rings. The summed E-state index contributed by atoms with van der Waals surface area (Å²) >= 11 is 0. The third kappa shape index (κ3) is 2.13. The molecule has 1 aromatic carbocycles. The van der Waals surface area contributed by atoms with Gasteiger partial charge in [0.05, 0.1) is 20.3 Å². The Morgan fingerprint density at radius 1 is 1.17 bits per heavy atom. The van der Waals surface area contributed by atoms with Crippen molar-refractivity contribution in [2.45, 2.75) is 19.0 Å². The molecule has 0 N–H and O–H groups in total. The zero-order chi connectivity index (χ0) is 17.3. The summed E-state index contributed by atoms with van der Waals surface area (Å²) in [5.74, 6) is -2.76. The number of carbonyl (C=O) groups is 3. The average Bonchev–Trinajstić information content (AvgIpc) is 3.17. The Morgan fingerprint density at radius 3 is 2.38 bits per heavy atom. The summed E-state index contributed by atoms with van der Waals surface area (Å²) < 4.78 is 9.65. The van der Waals surface area contributed by atoms with Gasteiger partial charge in [0.15, 0.2) is 0 Å². The van der Waals surface area contributed by atoms with E-state index in [0.717, 1.165) is 5.56 Å². The molecule has 1 amide bonds. The highest BCUT2D eigenvalue weighted by atomic mass is 16.5. The van der Waals surface area contributed by atoms with Crippen LogP contribution in [0.1, 0.15) is 12.0 Å². The van der Waals surface area contributed by atoms with Crippen LogP contribution in [0.3, 0.4) is 0 Å². The van der Waals surface area contributed by atoms with Gasteiger partial charge in [-0.25, -0.2) is 0 Å². The summed E-state index contributed by atoms with van der Waals surface area (Å²) in [6, 6.07) is 9.13. The van der Waals surface area contributed by atoms with Gasteiger partial charge in [0.25, 0.3) is 5.91 Å². The van der Waals surface area contributed by atoms with E-state index >= 15 is 0 Å². The van der Waals surface area contributed by atoms with Crippen LogP contribution in [0.4, 0.5) is 0 Å². The number of hydrogen-bond acceptors (Lipinski definition) is 5. The summed E-state index contributed by atoms with van der Waals surface area (Å²) in [5, 5.41) is 0. The van der Waals surface area contributed by atoms with E-state index in [9.17, 15) is 14.4 Å². The Balaban J connectivity index is 2.04. The zero-order valence-electron chi connectivity index (χ0n) is 13.6. The third-order valence-electron chi connectivity index (χ3n) is 4.86. The minimum absolute atomic E-state index is 0.320. The summed E-state index contributed by atoms with van der Waals surface area (Å²) in [4.78, 5) is 39.7. The quantitative estimate of drug-likeness (QED) is 0.473. The standard InChI is InChI=1S/C18H19NO5/c1-23-16(21)18(17(22)24-2)13-9-6-10-14(13)19(15(18)20)11-12-7-4-3-5-8-12/h3-8,10,13-14H,9,11H2,1-2H3/t13-,14+/m1/s1. The molecule has 1 aliphatic carbocycles. The first kappa shape index (κ1) is 16.2. The summed E-state index contributed by atoms with van der Waals surface area (Å²) in [6.45, 7) is 0.320. The van der Waals surface area contributed by atoms with E-state index < -0.39 is 29.2 Å². The number of carbonyl (C=O) groups excluding carboxylic acids is 3. The predicted octanol–water partition coefficient (Wildman–Crippen LogP) is 1.31. The molecule has 1 heterocycles. The largest absolute Gasteiger partial charge is 0.468 e. The first-order valence-corrected chi connectivity index (χ1v) is 7.75. The Bertz CT molecular complexity index is 681.